The van der Waals surface area contributed by atoms with E-state index >= 15 is 0 Å². The van der Waals surface area contributed by atoms with E-state index in [9.17, 15) is 4.79 Å². The van der Waals surface area contributed by atoms with Crippen molar-refractivity contribution in [3.05, 3.63) is 17.5 Å². The normalized spacial score (nSPS) is 23.6. The minimum Gasteiger partial charge on any atom is -0.384 e. The lowest BCUT2D eigenvalue weighted by Gasteiger charge is -2.42. The van der Waals surface area contributed by atoms with E-state index in [1.165, 1.54) is 0 Å². The Morgan fingerprint density at radius 3 is 2.84 bits per heavy atom. The molecule has 0 aliphatic carbocycles. The fourth-order valence-electron chi connectivity index (χ4n) is 4.00. The van der Waals surface area contributed by atoms with Gasteiger partial charge in [-0.1, -0.05) is 0 Å². The van der Waals surface area contributed by atoms with Gasteiger partial charge in [-0.3, -0.25) is 9.48 Å². The molecule has 25 heavy (non-hydrogen) atoms. The maximum atomic E-state index is 13.3. The monoisotopic (exact) mass is 350 g/mol. The van der Waals surface area contributed by atoms with Crippen LogP contribution < -0.4 is 5.32 Å². The van der Waals surface area contributed by atoms with E-state index in [0.717, 1.165) is 37.3 Å². The second-order valence-corrected chi connectivity index (χ2v) is 7.32. The molecule has 2 fully saturated rings. The molecule has 7 nitrogen and oxygen atoms in total. The first-order valence-corrected chi connectivity index (χ1v) is 9.16. The van der Waals surface area contributed by atoms with Gasteiger partial charge in [0.15, 0.2) is 0 Å². The van der Waals surface area contributed by atoms with Crippen LogP contribution in [-0.2, 0) is 20.8 Å². The number of piperidine rings is 1. The molecule has 1 aromatic heterocycles. The Morgan fingerprint density at radius 1 is 1.44 bits per heavy atom. The van der Waals surface area contributed by atoms with Gasteiger partial charge in [0.2, 0.25) is 5.91 Å². The van der Waals surface area contributed by atoms with Gasteiger partial charge in [-0.25, -0.2) is 0 Å². The average molecular weight is 350 g/mol. The summed E-state index contributed by atoms with van der Waals surface area (Å²) in [6, 6.07) is 2.06. The number of aryl methyl sites for hydroxylation is 2. The fourth-order valence-corrected chi connectivity index (χ4v) is 4.00. The van der Waals surface area contributed by atoms with Gasteiger partial charge in [0, 0.05) is 25.9 Å². The molecule has 2 aliphatic rings. The van der Waals surface area contributed by atoms with Crippen molar-refractivity contribution in [2.75, 3.05) is 46.5 Å². The zero-order valence-electron chi connectivity index (χ0n) is 15.6. The topological polar surface area (TPSA) is 68.6 Å². The van der Waals surface area contributed by atoms with Crippen LogP contribution in [0.25, 0.3) is 0 Å². The van der Waals surface area contributed by atoms with Crippen LogP contribution in [0.5, 0.6) is 0 Å². The number of amides is 1. The number of aromatic nitrogens is 2. The molecule has 140 valence electrons. The molecule has 1 unspecified atom stereocenters. The summed E-state index contributed by atoms with van der Waals surface area (Å²) < 4.78 is 13.3. The van der Waals surface area contributed by atoms with Crippen molar-refractivity contribution in [3.63, 3.8) is 0 Å². The van der Waals surface area contributed by atoms with Crippen molar-refractivity contribution in [2.45, 2.75) is 39.3 Å². The van der Waals surface area contributed by atoms with Crippen LogP contribution in [0.4, 0.5) is 0 Å². The van der Waals surface area contributed by atoms with Crippen molar-refractivity contribution in [2.24, 2.45) is 5.41 Å². The molecule has 0 spiro atoms. The Hall–Kier alpha value is -1.44. The van der Waals surface area contributed by atoms with Gasteiger partial charge in [0.05, 0.1) is 37.0 Å². The fraction of sp³-hybridized carbons (Fsp3) is 0.778. The van der Waals surface area contributed by atoms with Crippen molar-refractivity contribution in [1.29, 1.82) is 0 Å². The van der Waals surface area contributed by atoms with Crippen molar-refractivity contribution in [3.8, 4) is 0 Å². The van der Waals surface area contributed by atoms with E-state index in [-0.39, 0.29) is 17.4 Å². The number of hydrogen-bond acceptors (Lipinski definition) is 5. The molecule has 3 heterocycles. The number of rotatable bonds is 5. The third kappa shape index (κ3) is 4.04. The Kier molecular flexibility index (Phi) is 5.76. The van der Waals surface area contributed by atoms with Crippen LogP contribution in [0, 0.1) is 19.3 Å². The molecule has 2 aliphatic heterocycles. The molecule has 0 bridgehead atoms. The lowest BCUT2D eigenvalue weighted by molar-refractivity contribution is -0.155. The first kappa shape index (κ1) is 18.4. The zero-order chi connectivity index (χ0) is 17.9. The third-order valence-corrected chi connectivity index (χ3v) is 5.34. The second kappa shape index (κ2) is 7.85. The van der Waals surface area contributed by atoms with Gasteiger partial charge in [-0.05, 0) is 45.8 Å². The molecule has 2 saturated heterocycles. The molecular weight excluding hydrogens is 320 g/mol. The number of hydrogen-bond donors (Lipinski definition) is 1. The van der Waals surface area contributed by atoms with Gasteiger partial charge in [-0.2, -0.15) is 5.10 Å². The lowest BCUT2D eigenvalue weighted by Crippen LogP contribution is -2.56. The smallest absolute Gasteiger partial charge is 0.231 e. The third-order valence-electron chi connectivity index (χ3n) is 5.34. The molecule has 1 N–H and O–H groups in total. The summed E-state index contributed by atoms with van der Waals surface area (Å²) in [5.74, 6) is 0.220. The summed E-state index contributed by atoms with van der Waals surface area (Å²) in [6.45, 7) is 8.82. The summed E-state index contributed by atoms with van der Waals surface area (Å²) in [4.78, 5) is 15.3. The highest BCUT2D eigenvalue weighted by Crippen LogP contribution is 2.32. The van der Waals surface area contributed by atoms with Crippen LogP contribution >= 0.6 is 0 Å². The van der Waals surface area contributed by atoms with E-state index in [1.807, 2.05) is 23.4 Å². The maximum Gasteiger partial charge on any atom is 0.231 e. The summed E-state index contributed by atoms with van der Waals surface area (Å²) in [5, 5.41) is 7.86. The number of nitrogens with one attached hydrogen (secondary N) is 1. The van der Waals surface area contributed by atoms with E-state index in [0.29, 0.717) is 32.8 Å². The molecule has 0 saturated carbocycles. The van der Waals surface area contributed by atoms with Gasteiger partial charge >= 0.3 is 0 Å². The summed E-state index contributed by atoms with van der Waals surface area (Å²) in [6.07, 6.45) is 1.65. The van der Waals surface area contributed by atoms with E-state index in [1.54, 1.807) is 7.11 Å². The van der Waals surface area contributed by atoms with Crippen LogP contribution in [0.1, 0.15) is 24.2 Å². The molecule has 1 atom stereocenters. The molecule has 3 rings (SSSR count). The predicted octanol–water partition coefficient (Wildman–Crippen LogP) is 0.744. The van der Waals surface area contributed by atoms with E-state index in [2.05, 4.69) is 16.5 Å². The molecule has 0 radical (unpaired) electrons. The molecule has 7 heteroatoms. The van der Waals surface area contributed by atoms with Crippen molar-refractivity contribution in [1.82, 2.24) is 20.0 Å². The minimum absolute atomic E-state index is 0.0167. The van der Waals surface area contributed by atoms with Crippen molar-refractivity contribution >= 4 is 5.91 Å². The van der Waals surface area contributed by atoms with Gasteiger partial charge in [0.1, 0.15) is 0 Å². The number of ether oxygens (including phenoxy) is 2. The number of carbonyl (C=O) groups is 1. The Bertz CT molecular complexity index is 590. The standard InChI is InChI=1S/C18H30N4O3/c1-14-10-15(2)22(20-14)12-16-11-21(8-9-25-16)17(23)18(13-24-3)4-6-19-7-5-18/h10,16,19H,4-9,11-13H2,1-3H3. The van der Waals surface area contributed by atoms with Crippen LogP contribution in [0.2, 0.25) is 0 Å². The minimum atomic E-state index is -0.389. The Morgan fingerprint density at radius 2 is 2.20 bits per heavy atom. The first-order valence-electron chi connectivity index (χ1n) is 9.16. The van der Waals surface area contributed by atoms with Gasteiger partial charge < -0.3 is 19.7 Å². The van der Waals surface area contributed by atoms with E-state index < -0.39 is 0 Å². The Balaban J connectivity index is 1.67. The highest BCUT2D eigenvalue weighted by molar-refractivity contribution is 5.83. The summed E-state index contributed by atoms with van der Waals surface area (Å²) >= 11 is 0. The van der Waals surface area contributed by atoms with Crippen LogP contribution in [0.15, 0.2) is 6.07 Å². The summed E-state index contributed by atoms with van der Waals surface area (Å²) in [7, 11) is 1.68. The summed E-state index contributed by atoms with van der Waals surface area (Å²) in [5.41, 5.74) is 1.74. The maximum absolute atomic E-state index is 13.3. The Labute approximate surface area is 149 Å². The first-order chi connectivity index (χ1) is 12.0. The number of nitrogens with zero attached hydrogens (tertiary/aromatic N) is 3. The van der Waals surface area contributed by atoms with Crippen LogP contribution in [0.3, 0.4) is 0 Å². The quantitative estimate of drug-likeness (QED) is 0.848. The zero-order valence-corrected chi connectivity index (χ0v) is 15.6. The molecule has 1 amide bonds. The molecule has 0 aromatic carbocycles. The van der Waals surface area contributed by atoms with E-state index in [4.69, 9.17) is 9.47 Å². The van der Waals surface area contributed by atoms with Gasteiger partial charge in [-0.15, -0.1) is 0 Å². The number of methoxy groups -OCH3 is 1. The largest absolute Gasteiger partial charge is 0.384 e. The number of carbonyl (C=O) groups excluding carboxylic acids is 1. The van der Waals surface area contributed by atoms with Crippen LogP contribution in [-0.4, -0.2) is 73.2 Å². The van der Waals surface area contributed by atoms with Gasteiger partial charge in [0.25, 0.3) is 0 Å². The highest BCUT2D eigenvalue weighted by Gasteiger charge is 2.43. The lowest BCUT2D eigenvalue weighted by atomic mass is 9.78. The van der Waals surface area contributed by atoms with Crippen molar-refractivity contribution < 1.29 is 14.3 Å². The molecular formula is C18H30N4O3. The molecule has 1 aromatic rings. The average Bonchev–Trinajstić information content (AvgIpc) is 2.93. The highest BCUT2D eigenvalue weighted by atomic mass is 16.5. The predicted molar refractivity (Wildman–Crippen MR) is 94.4 cm³/mol. The SMILES string of the molecule is COCC1(C(=O)N2CCOC(Cn3nc(C)cc3C)C2)CCNCC1. The number of morpholine rings is 1. The second-order valence-electron chi connectivity index (χ2n) is 7.32.